The summed E-state index contributed by atoms with van der Waals surface area (Å²) in [7, 11) is 0. The van der Waals surface area contributed by atoms with Crippen LogP contribution in [0.1, 0.15) is 31.4 Å². The van der Waals surface area contributed by atoms with E-state index in [4.69, 9.17) is 24.2 Å². The van der Waals surface area contributed by atoms with Crippen LogP contribution in [-0.2, 0) is 27.2 Å². The molecule has 0 bridgehead atoms. The number of pyridine rings is 1. The van der Waals surface area contributed by atoms with Crippen molar-refractivity contribution in [2.75, 3.05) is 75.9 Å². The second-order valence-corrected chi connectivity index (χ2v) is 10.8. The van der Waals surface area contributed by atoms with Gasteiger partial charge in [-0.3, -0.25) is 4.90 Å². The van der Waals surface area contributed by atoms with E-state index in [1.54, 1.807) is 17.7 Å². The maximum atomic E-state index is 6.39. The molecule has 9 nitrogen and oxygen atoms in total. The first-order chi connectivity index (χ1) is 17.1. The summed E-state index contributed by atoms with van der Waals surface area (Å²) in [5.41, 5.74) is 3.39. The molecule has 6 heterocycles. The van der Waals surface area contributed by atoms with Crippen LogP contribution in [0, 0.1) is 0 Å². The molecule has 2 fully saturated rings. The number of nitrogens with one attached hydrogen (secondary N) is 1. The van der Waals surface area contributed by atoms with Gasteiger partial charge in [-0.15, -0.1) is 11.3 Å². The number of anilines is 2. The molecule has 1 N–H and O–H groups in total. The van der Waals surface area contributed by atoms with Crippen molar-refractivity contribution < 1.29 is 14.2 Å². The van der Waals surface area contributed by atoms with Crippen molar-refractivity contribution in [2.45, 2.75) is 38.9 Å². The minimum atomic E-state index is -0.176. The van der Waals surface area contributed by atoms with Crippen molar-refractivity contribution in [3.8, 4) is 0 Å². The molecule has 3 aliphatic heterocycles. The Bertz CT molecular complexity index is 1210. The normalized spacial score (nSPS) is 23.7. The number of thiophene rings is 1. The Labute approximate surface area is 209 Å². The SMILES string of the molecule is CC[C@]1(C)Cc2c(c(N3CCOCC3)nc3sc4c(NCCN5CCOCC5)ncnc4c23)CO1. The largest absolute Gasteiger partial charge is 0.379 e. The quantitative estimate of drug-likeness (QED) is 0.551. The lowest BCUT2D eigenvalue weighted by Crippen LogP contribution is -2.40. The van der Waals surface area contributed by atoms with Crippen LogP contribution in [0.5, 0.6) is 0 Å². The molecule has 0 aromatic carbocycles. The highest BCUT2D eigenvalue weighted by atomic mass is 32.1. The second kappa shape index (κ2) is 9.74. The van der Waals surface area contributed by atoms with Crippen LogP contribution >= 0.6 is 11.3 Å². The van der Waals surface area contributed by atoms with E-state index in [1.807, 2.05) is 0 Å². The summed E-state index contributed by atoms with van der Waals surface area (Å²) in [6.07, 6.45) is 3.52. The molecular weight excluding hydrogens is 464 g/mol. The Morgan fingerprint density at radius 1 is 1.06 bits per heavy atom. The summed E-state index contributed by atoms with van der Waals surface area (Å²) in [6.45, 7) is 13.6. The summed E-state index contributed by atoms with van der Waals surface area (Å²) >= 11 is 1.70. The van der Waals surface area contributed by atoms with Gasteiger partial charge in [0, 0.05) is 56.6 Å². The first-order valence-corrected chi connectivity index (χ1v) is 13.6. The van der Waals surface area contributed by atoms with Gasteiger partial charge in [0.1, 0.15) is 22.8 Å². The zero-order valence-electron chi connectivity index (χ0n) is 20.6. The molecule has 3 aromatic heterocycles. The molecule has 0 spiro atoms. The summed E-state index contributed by atoms with van der Waals surface area (Å²) in [5, 5.41) is 4.76. The van der Waals surface area contributed by atoms with Gasteiger partial charge in [0.05, 0.1) is 48.9 Å². The minimum Gasteiger partial charge on any atom is -0.379 e. The molecule has 2 saturated heterocycles. The third-order valence-corrected chi connectivity index (χ3v) is 8.67. The second-order valence-electron chi connectivity index (χ2n) is 9.82. The van der Waals surface area contributed by atoms with E-state index in [9.17, 15) is 0 Å². The number of nitrogens with zero attached hydrogens (tertiary/aromatic N) is 5. The zero-order chi connectivity index (χ0) is 23.8. The highest BCUT2D eigenvalue weighted by Crippen LogP contribution is 2.44. The van der Waals surface area contributed by atoms with Crippen LogP contribution < -0.4 is 10.2 Å². The number of aromatic nitrogens is 3. The predicted octanol–water partition coefficient (Wildman–Crippen LogP) is 3.06. The Kier molecular flexibility index (Phi) is 6.48. The van der Waals surface area contributed by atoms with Gasteiger partial charge in [-0.05, 0) is 18.9 Å². The fraction of sp³-hybridized carbons (Fsp3) is 0.640. The number of hydrogen-bond donors (Lipinski definition) is 1. The lowest BCUT2D eigenvalue weighted by atomic mass is 9.87. The maximum Gasteiger partial charge on any atom is 0.147 e. The van der Waals surface area contributed by atoms with Crippen molar-refractivity contribution in [3.63, 3.8) is 0 Å². The van der Waals surface area contributed by atoms with Gasteiger partial charge in [0.15, 0.2) is 0 Å². The van der Waals surface area contributed by atoms with E-state index >= 15 is 0 Å². The van der Waals surface area contributed by atoms with Crippen molar-refractivity contribution in [1.29, 1.82) is 0 Å². The standard InChI is InChI=1S/C25H34N6O3S/c1-3-25(2)14-17-18(15-34-25)23(31-8-12-33-13-9-31)29-24-19(17)20-21(35-24)22(28-16-27-20)26-4-5-30-6-10-32-11-7-30/h16H,3-15H2,1-2H3,(H,26,27,28)/t25-/m1/s1. The Morgan fingerprint density at radius 3 is 2.60 bits per heavy atom. The number of ether oxygens (including phenoxy) is 3. The van der Waals surface area contributed by atoms with Crippen molar-refractivity contribution >= 4 is 43.4 Å². The third-order valence-electron chi connectivity index (χ3n) is 7.60. The number of rotatable bonds is 6. The Morgan fingerprint density at radius 2 is 1.83 bits per heavy atom. The van der Waals surface area contributed by atoms with Crippen LogP contribution in [-0.4, -0.2) is 91.1 Å². The van der Waals surface area contributed by atoms with E-state index in [2.05, 4.69) is 33.9 Å². The summed E-state index contributed by atoms with van der Waals surface area (Å²) < 4.78 is 18.6. The fourth-order valence-corrected chi connectivity index (χ4v) is 6.38. The molecule has 6 rings (SSSR count). The van der Waals surface area contributed by atoms with Gasteiger partial charge >= 0.3 is 0 Å². The lowest BCUT2D eigenvalue weighted by Gasteiger charge is -2.37. The molecular formula is C25H34N6O3S. The molecule has 35 heavy (non-hydrogen) atoms. The third kappa shape index (κ3) is 4.46. The molecule has 1 atom stereocenters. The smallest absolute Gasteiger partial charge is 0.147 e. The number of morpholine rings is 2. The Hall–Kier alpha value is -2.11. The van der Waals surface area contributed by atoms with Gasteiger partial charge in [-0.25, -0.2) is 15.0 Å². The minimum absolute atomic E-state index is 0.176. The average molecular weight is 499 g/mol. The van der Waals surface area contributed by atoms with E-state index in [0.29, 0.717) is 6.61 Å². The van der Waals surface area contributed by atoms with Crippen LogP contribution in [0.3, 0.4) is 0 Å². The molecule has 0 saturated carbocycles. The highest BCUT2D eigenvalue weighted by Gasteiger charge is 2.35. The molecule has 3 aliphatic rings. The van der Waals surface area contributed by atoms with Gasteiger partial charge < -0.3 is 24.4 Å². The summed E-state index contributed by atoms with van der Waals surface area (Å²) in [5.74, 6) is 1.95. The molecule has 10 heteroatoms. The van der Waals surface area contributed by atoms with Gasteiger partial charge in [-0.2, -0.15) is 0 Å². The summed E-state index contributed by atoms with van der Waals surface area (Å²) in [6, 6.07) is 0. The topological polar surface area (TPSA) is 84.9 Å². The van der Waals surface area contributed by atoms with Crippen molar-refractivity contribution in [3.05, 3.63) is 17.5 Å². The van der Waals surface area contributed by atoms with Gasteiger partial charge in [-0.1, -0.05) is 6.92 Å². The average Bonchev–Trinajstić information content (AvgIpc) is 3.29. The number of hydrogen-bond acceptors (Lipinski definition) is 10. The maximum absolute atomic E-state index is 6.39. The van der Waals surface area contributed by atoms with Crippen molar-refractivity contribution in [1.82, 2.24) is 19.9 Å². The molecule has 0 aliphatic carbocycles. The van der Waals surface area contributed by atoms with Crippen LogP contribution in [0.4, 0.5) is 11.6 Å². The lowest BCUT2D eigenvalue weighted by molar-refractivity contribution is -0.0558. The van der Waals surface area contributed by atoms with Crippen LogP contribution in [0.2, 0.25) is 0 Å². The van der Waals surface area contributed by atoms with E-state index < -0.39 is 0 Å². The molecule has 188 valence electrons. The first kappa shape index (κ1) is 23.3. The van der Waals surface area contributed by atoms with E-state index in [0.717, 1.165) is 105 Å². The fourth-order valence-electron chi connectivity index (χ4n) is 5.26. The highest BCUT2D eigenvalue weighted by molar-refractivity contribution is 7.26. The van der Waals surface area contributed by atoms with Crippen LogP contribution in [0.25, 0.3) is 20.4 Å². The first-order valence-electron chi connectivity index (χ1n) is 12.7. The van der Waals surface area contributed by atoms with Gasteiger partial charge in [0.25, 0.3) is 0 Å². The van der Waals surface area contributed by atoms with Gasteiger partial charge in [0.2, 0.25) is 0 Å². The Balaban J connectivity index is 1.40. The monoisotopic (exact) mass is 498 g/mol. The molecule has 0 unspecified atom stereocenters. The van der Waals surface area contributed by atoms with E-state index in [1.165, 1.54) is 16.5 Å². The predicted molar refractivity (Wildman–Crippen MR) is 139 cm³/mol. The summed E-state index contributed by atoms with van der Waals surface area (Å²) in [4.78, 5) is 20.4. The molecule has 3 aromatic rings. The zero-order valence-corrected chi connectivity index (χ0v) is 21.5. The van der Waals surface area contributed by atoms with E-state index in [-0.39, 0.29) is 5.60 Å². The van der Waals surface area contributed by atoms with Crippen LogP contribution in [0.15, 0.2) is 6.33 Å². The molecule has 0 amide bonds. The van der Waals surface area contributed by atoms with Crippen molar-refractivity contribution in [2.24, 2.45) is 0 Å². The number of fused-ring (bicyclic) bond motifs is 5. The molecule has 0 radical (unpaired) electrons.